The number of thiophene rings is 1. The molecule has 2 aliphatic rings. The van der Waals surface area contributed by atoms with E-state index >= 15 is 0 Å². The van der Waals surface area contributed by atoms with Crippen LogP contribution in [0.1, 0.15) is 81.6 Å². The van der Waals surface area contributed by atoms with Crippen LogP contribution in [0.15, 0.2) is 41.8 Å². The summed E-state index contributed by atoms with van der Waals surface area (Å²) in [6.45, 7) is 2.88. The molecule has 2 aromatic rings. The second-order valence-corrected chi connectivity index (χ2v) is 10.5. The van der Waals surface area contributed by atoms with Gasteiger partial charge in [-0.1, -0.05) is 57.2 Å². The fourth-order valence-electron chi connectivity index (χ4n) is 5.33. The van der Waals surface area contributed by atoms with Crippen molar-refractivity contribution in [3.05, 3.63) is 52.2 Å². The van der Waals surface area contributed by atoms with Gasteiger partial charge in [0, 0.05) is 10.4 Å². The van der Waals surface area contributed by atoms with Gasteiger partial charge in [0.1, 0.15) is 5.75 Å². The number of carbonyl (C=O) groups excluding carboxylic acids is 1. The molecule has 4 nitrogen and oxygen atoms in total. The van der Waals surface area contributed by atoms with Gasteiger partial charge in [-0.2, -0.15) is 0 Å². The third kappa shape index (κ3) is 6.14. The van der Waals surface area contributed by atoms with Crippen molar-refractivity contribution < 1.29 is 9.53 Å². The standard InChI is InChI=1S/C27H38N2O2S/c1-2-22-12-14-23(15-13-22)31-21-26(30)29(20-24-10-9-19-32-24)25-11-8-18-27(28-25)16-6-4-3-5-7-17-27/h9-10,12-15,19,25,28H,2-8,11,16-18,20-21H2,1H3. The molecule has 0 bridgehead atoms. The Labute approximate surface area is 197 Å². The highest BCUT2D eigenvalue weighted by atomic mass is 32.1. The molecule has 1 aromatic carbocycles. The van der Waals surface area contributed by atoms with E-state index in [0.29, 0.717) is 6.54 Å². The lowest BCUT2D eigenvalue weighted by molar-refractivity contribution is -0.138. The van der Waals surface area contributed by atoms with E-state index in [1.54, 1.807) is 11.3 Å². The Bertz CT molecular complexity index is 826. The largest absolute Gasteiger partial charge is 0.484 e. The molecular formula is C27H38N2O2S. The van der Waals surface area contributed by atoms with E-state index in [4.69, 9.17) is 4.74 Å². The fourth-order valence-corrected chi connectivity index (χ4v) is 6.04. The van der Waals surface area contributed by atoms with Crippen LogP contribution in [0.25, 0.3) is 0 Å². The highest BCUT2D eigenvalue weighted by Gasteiger charge is 2.38. The normalized spacial score (nSPS) is 21.0. The SMILES string of the molecule is CCc1ccc(OCC(=O)N(Cc2cccs2)C2CCCC3(CCCCCCC3)N2)cc1. The van der Waals surface area contributed by atoms with E-state index in [0.717, 1.165) is 18.6 Å². The molecule has 0 radical (unpaired) electrons. The Hall–Kier alpha value is -1.85. The zero-order valence-corrected chi connectivity index (χ0v) is 20.3. The van der Waals surface area contributed by atoms with Crippen molar-refractivity contribution in [2.45, 2.75) is 95.8 Å². The first-order chi connectivity index (χ1) is 15.7. The highest BCUT2D eigenvalue weighted by molar-refractivity contribution is 7.09. The average molecular weight is 455 g/mol. The minimum atomic E-state index is 0.0679. The molecule has 1 atom stereocenters. The van der Waals surface area contributed by atoms with Crippen LogP contribution in [0.2, 0.25) is 0 Å². The highest BCUT2D eigenvalue weighted by Crippen LogP contribution is 2.35. The number of hydrogen-bond donors (Lipinski definition) is 1. The maximum atomic E-state index is 13.4. The van der Waals surface area contributed by atoms with Crippen LogP contribution in [0.3, 0.4) is 0 Å². The van der Waals surface area contributed by atoms with Gasteiger partial charge < -0.3 is 9.64 Å². The Balaban J connectivity index is 1.45. The van der Waals surface area contributed by atoms with Crippen molar-refractivity contribution in [3.63, 3.8) is 0 Å². The van der Waals surface area contributed by atoms with Gasteiger partial charge in [-0.3, -0.25) is 10.1 Å². The van der Waals surface area contributed by atoms with Gasteiger partial charge >= 0.3 is 0 Å². The molecule has 1 aromatic heterocycles. The molecule has 5 heteroatoms. The molecule has 1 amide bonds. The van der Waals surface area contributed by atoms with Crippen LogP contribution in [0.5, 0.6) is 5.75 Å². The first-order valence-corrected chi connectivity index (χ1v) is 13.4. The van der Waals surface area contributed by atoms with Crippen LogP contribution >= 0.6 is 11.3 Å². The van der Waals surface area contributed by atoms with E-state index in [-0.39, 0.29) is 24.2 Å². The average Bonchev–Trinajstić information content (AvgIpc) is 3.32. The number of rotatable bonds is 7. The Morgan fingerprint density at radius 3 is 2.47 bits per heavy atom. The van der Waals surface area contributed by atoms with Gasteiger partial charge in [0.15, 0.2) is 6.61 Å². The summed E-state index contributed by atoms with van der Waals surface area (Å²) in [4.78, 5) is 16.7. The molecule has 4 rings (SSSR count). The zero-order chi connectivity index (χ0) is 22.2. The summed E-state index contributed by atoms with van der Waals surface area (Å²) >= 11 is 1.72. The van der Waals surface area contributed by atoms with Crippen molar-refractivity contribution in [1.82, 2.24) is 10.2 Å². The van der Waals surface area contributed by atoms with Gasteiger partial charge in [-0.15, -0.1) is 11.3 Å². The summed E-state index contributed by atoms with van der Waals surface area (Å²) in [6, 6.07) is 12.3. The fraction of sp³-hybridized carbons (Fsp3) is 0.593. The van der Waals surface area contributed by atoms with Crippen molar-refractivity contribution in [2.75, 3.05) is 6.61 Å². The molecule has 1 spiro atoms. The lowest BCUT2D eigenvalue weighted by Crippen LogP contribution is -2.61. The van der Waals surface area contributed by atoms with Crippen LogP contribution in [0, 0.1) is 0 Å². The zero-order valence-electron chi connectivity index (χ0n) is 19.5. The summed E-state index contributed by atoms with van der Waals surface area (Å²) in [5.41, 5.74) is 1.48. The Morgan fingerprint density at radius 1 is 1.06 bits per heavy atom. The predicted molar refractivity (Wildman–Crippen MR) is 132 cm³/mol. The lowest BCUT2D eigenvalue weighted by Gasteiger charge is -2.47. The van der Waals surface area contributed by atoms with Crippen LogP contribution in [-0.4, -0.2) is 29.1 Å². The topological polar surface area (TPSA) is 41.6 Å². The monoisotopic (exact) mass is 454 g/mol. The number of amides is 1. The minimum Gasteiger partial charge on any atom is -0.484 e. The molecule has 1 saturated carbocycles. The molecular weight excluding hydrogens is 416 g/mol. The van der Waals surface area contributed by atoms with E-state index in [2.05, 4.69) is 41.9 Å². The van der Waals surface area contributed by atoms with E-state index in [1.807, 2.05) is 17.0 Å². The Morgan fingerprint density at radius 2 is 1.78 bits per heavy atom. The first kappa shape index (κ1) is 23.3. The molecule has 1 aliphatic carbocycles. The van der Waals surface area contributed by atoms with Gasteiger partial charge in [-0.05, 0) is 67.7 Å². The van der Waals surface area contributed by atoms with Gasteiger partial charge in [0.25, 0.3) is 5.91 Å². The Kier molecular flexibility index (Phi) is 8.26. The number of benzene rings is 1. The summed E-state index contributed by atoms with van der Waals surface area (Å²) in [5.74, 6) is 0.832. The number of aryl methyl sites for hydroxylation is 1. The quantitative estimate of drug-likeness (QED) is 0.534. The maximum absolute atomic E-state index is 13.4. The van der Waals surface area contributed by atoms with E-state index in [9.17, 15) is 4.79 Å². The van der Waals surface area contributed by atoms with Crippen LogP contribution < -0.4 is 10.1 Å². The summed E-state index contributed by atoms with van der Waals surface area (Å²) in [7, 11) is 0. The second-order valence-electron chi connectivity index (χ2n) is 9.49. The first-order valence-electron chi connectivity index (χ1n) is 12.5. The number of piperidine rings is 1. The molecule has 2 heterocycles. The third-order valence-corrected chi connectivity index (χ3v) is 8.07. The number of nitrogens with one attached hydrogen (secondary N) is 1. The van der Waals surface area contributed by atoms with Gasteiger partial charge in [0.2, 0.25) is 0 Å². The number of ether oxygens (including phenoxy) is 1. The van der Waals surface area contributed by atoms with Crippen molar-refractivity contribution in [2.24, 2.45) is 0 Å². The van der Waals surface area contributed by atoms with E-state index < -0.39 is 0 Å². The summed E-state index contributed by atoms with van der Waals surface area (Å²) < 4.78 is 5.92. The molecule has 2 fully saturated rings. The summed E-state index contributed by atoms with van der Waals surface area (Å²) in [5, 5.41) is 6.09. The maximum Gasteiger partial charge on any atom is 0.262 e. The minimum absolute atomic E-state index is 0.0679. The molecule has 174 valence electrons. The molecule has 1 saturated heterocycles. The predicted octanol–water partition coefficient (Wildman–Crippen LogP) is 6.30. The second kappa shape index (κ2) is 11.3. The van der Waals surface area contributed by atoms with Crippen LogP contribution in [-0.2, 0) is 17.8 Å². The third-order valence-electron chi connectivity index (χ3n) is 7.21. The van der Waals surface area contributed by atoms with Crippen molar-refractivity contribution in [3.8, 4) is 5.75 Å². The molecule has 32 heavy (non-hydrogen) atoms. The summed E-state index contributed by atoms with van der Waals surface area (Å²) in [6.07, 6.45) is 13.7. The number of hydrogen-bond acceptors (Lipinski definition) is 4. The molecule has 1 N–H and O–H groups in total. The number of nitrogens with zero attached hydrogens (tertiary/aromatic N) is 1. The van der Waals surface area contributed by atoms with Crippen molar-refractivity contribution in [1.29, 1.82) is 0 Å². The lowest BCUT2D eigenvalue weighted by atomic mass is 9.77. The van der Waals surface area contributed by atoms with E-state index in [1.165, 1.54) is 68.2 Å². The van der Waals surface area contributed by atoms with Crippen molar-refractivity contribution >= 4 is 17.2 Å². The van der Waals surface area contributed by atoms with Gasteiger partial charge in [0.05, 0.1) is 12.7 Å². The molecule has 1 aliphatic heterocycles. The van der Waals surface area contributed by atoms with Crippen LogP contribution in [0.4, 0.5) is 0 Å². The smallest absolute Gasteiger partial charge is 0.262 e. The number of carbonyl (C=O) groups is 1. The van der Waals surface area contributed by atoms with Gasteiger partial charge in [-0.25, -0.2) is 0 Å². The molecule has 1 unspecified atom stereocenters.